The molecule has 0 spiro atoms. The van der Waals surface area contributed by atoms with Crippen molar-refractivity contribution in [3.8, 4) is 39.3 Å². The first-order chi connectivity index (χ1) is 16.3. The topological polar surface area (TPSA) is 42.7 Å². The Kier molecular flexibility index (Phi) is 6.36. The maximum atomic E-state index is 13.1. The van der Waals surface area contributed by atoms with Gasteiger partial charge in [-0.2, -0.15) is 0 Å². The van der Waals surface area contributed by atoms with Gasteiger partial charge in [-0.1, -0.05) is 72.8 Å². The van der Waals surface area contributed by atoms with Crippen LogP contribution in [0.25, 0.3) is 33.6 Å². The van der Waals surface area contributed by atoms with Crippen LogP contribution < -0.4 is 10.4 Å². The van der Waals surface area contributed by atoms with Gasteiger partial charge in [0.05, 0.1) is 5.56 Å². The first kappa shape index (κ1) is 21.2. The van der Waals surface area contributed by atoms with Crippen LogP contribution in [0.3, 0.4) is 0 Å². The van der Waals surface area contributed by atoms with Gasteiger partial charge in [-0.15, -0.1) is 0 Å². The van der Waals surface area contributed by atoms with Crippen LogP contribution in [0.4, 0.5) is 0 Å². The van der Waals surface area contributed by atoms with E-state index in [2.05, 4.69) is 4.90 Å². The molecule has 2 heterocycles. The average molecular weight is 438 g/mol. The third-order valence-electron chi connectivity index (χ3n) is 6.11. The van der Waals surface area contributed by atoms with Crippen LogP contribution >= 0.6 is 0 Å². The molecule has 0 bridgehead atoms. The predicted molar refractivity (Wildman–Crippen MR) is 132 cm³/mol. The van der Waals surface area contributed by atoms with Crippen LogP contribution in [-0.2, 0) is 0 Å². The van der Waals surface area contributed by atoms with Gasteiger partial charge < -0.3 is 9.15 Å². The van der Waals surface area contributed by atoms with Gasteiger partial charge in [0.1, 0.15) is 18.1 Å². The van der Waals surface area contributed by atoms with Crippen LogP contribution in [0.15, 0.2) is 100 Å². The van der Waals surface area contributed by atoms with Gasteiger partial charge in [-0.05, 0) is 55.3 Å². The number of ether oxygens (including phenoxy) is 1. The highest BCUT2D eigenvalue weighted by molar-refractivity contribution is 5.84. The molecule has 0 aliphatic carbocycles. The highest BCUT2D eigenvalue weighted by atomic mass is 16.5. The van der Waals surface area contributed by atoms with Crippen LogP contribution in [-0.4, -0.2) is 31.1 Å². The van der Waals surface area contributed by atoms with E-state index in [0.717, 1.165) is 34.5 Å². The molecule has 4 nitrogen and oxygen atoms in total. The minimum Gasteiger partial charge on any atom is -0.492 e. The highest BCUT2D eigenvalue weighted by Crippen LogP contribution is 2.34. The highest BCUT2D eigenvalue weighted by Gasteiger charge is 2.17. The minimum atomic E-state index is -0.344. The summed E-state index contributed by atoms with van der Waals surface area (Å²) in [6.45, 7) is 3.98. The van der Waals surface area contributed by atoms with Crippen molar-refractivity contribution in [2.45, 2.75) is 12.8 Å². The van der Waals surface area contributed by atoms with Crippen LogP contribution in [0.1, 0.15) is 12.8 Å². The van der Waals surface area contributed by atoms with E-state index < -0.39 is 0 Å². The lowest BCUT2D eigenvalue weighted by atomic mass is 9.95. The van der Waals surface area contributed by atoms with Crippen molar-refractivity contribution in [2.24, 2.45) is 0 Å². The largest absolute Gasteiger partial charge is 0.492 e. The molecule has 1 aliphatic heterocycles. The molecule has 0 saturated carbocycles. The van der Waals surface area contributed by atoms with Gasteiger partial charge in [-0.25, -0.2) is 4.79 Å². The summed E-state index contributed by atoms with van der Waals surface area (Å²) in [5.41, 5.74) is 3.73. The number of rotatable bonds is 7. The molecule has 4 aromatic rings. The molecule has 166 valence electrons. The van der Waals surface area contributed by atoms with Gasteiger partial charge in [0.2, 0.25) is 0 Å². The Balaban J connectivity index is 1.47. The second kappa shape index (κ2) is 9.88. The predicted octanol–water partition coefficient (Wildman–Crippen LogP) is 6.12. The lowest BCUT2D eigenvalue weighted by Gasteiger charge is -2.15. The van der Waals surface area contributed by atoms with Crippen LogP contribution in [0.5, 0.6) is 5.75 Å². The number of hydrogen-bond acceptors (Lipinski definition) is 4. The molecule has 0 radical (unpaired) electrons. The van der Waals surface area contributed by atoms with Crippen LogP contribution in [0, 0.1) is 0 Å². The van der Waals surface area contributed by atoms with E-state index in [1.54, 1.807) is 0 Å². The fraction of sp³-hybridized carbons (Fsp3) is 0.207. The number of likely N-dealkylation sites (tertiary alicyclic amines) is 1. The van der Waals surface area contributed by atoms with E-state index in [0.29, 0.717) is 17.9 Å². The molecule has 5 rings (SSSR count). The van der Waals surface area contributed by atoms with Gasteiger partial charge in [-0.3, -0.25) is 4.90 Å². The summed E-state index contributed by atoms with van der Waals surface area (Å²) in [7, 11) is 0. The average Bonchev–Trinajstić information content (AvgIpc) is 3.39. The van der Waals surface area contributed by atoms with Gasteiger partial charge >= 0.3 is 5.63 Å². The Labute approximate surface area is 194 Å². The molecule has 1 fully saturated rings. The van der Waals surface area contributed by atoms with Gasteiger partial charge in [0.15, 0.2) is 0 Å². The van der Waals surface area contributed by atoms with Crippen molar-refractivity contribution in [3.05, 3.63) is 101 Å². The lowest BCUT2D eigenvalue weighted by molar-refractivity contribution is 0.238. The van der Waals surface area contributed by atoms with Gasteiger partial charge in [0.25, 0.3) is 0 Å². The summed E-state index contributed by atoms with van der Waals surface area (Å²) in [4.78, 5) is 15.6. The van der Waals surface area contributed by atoms with Crippen molar-refractivity contribution >= 4 is 0 Å². The zero-order chi connectivity index (χ0) is 22.5. The van der Waals surface area contributed by atoms with Gasteiger partial charge in [0, 0.05) is 17.7 Å². The Bertz CT molecular complexity index is 1240. The fourth-order valence-electron chi connectivity index (χ4n) is 4.37. The molecule has 0 unspecified atom stereocenters. The number of nitrogens with zero attached hydrogens (tertiary/aromatic N) is 1. The zero-order valence-corrected chi connectivity index (χ0v) is 18.6. The monoisotopic (exact) mass is 437 g/mol. The van der Waals surface area contributed by atoms with E-state index in [1.807, 2.05) is 91.0 Å². The summed E-state index contributed by atoms with van der Waals surface area (Å²) in [6.07, 6.45) is 2.57. The zero-order valence-electron chi connectivity index (χ0n) is 18.6. The van der Waals surface area contributed by atoms with Crippen molar-refractivity contribution in [1.29, 1.82) is 0 Å². The molecule has 3 aromatic carbocycles. The van der Waals surface area contributed by atoms with Crippen molar-refractivity contribution in [1.82, 2.24) is 4.90 Å². The number of benzene rings is 3. The first-order valence-corrected chi connectivity index (χ1v) is 11.5. The molecule has 1 aliphatic rings. The molecule has 0 atom stereocenters. The van der Waals surface area contributed by atoms with E-state index in [9.17, 15) is 4.79 Å². The third kappa shape index (κ3) is 4.91. The lowest BCUT2D eigenvalue weighted by Crippen LogP contribution is -2.25. The van der Waals surface area contributed by atoms with E-state index in [1.165, 1.54) is 25.9 Å². The molecule has 33 heavy (non-hydrogen) atoms. The van der Waals surface area contributed by atoms with E-state index >= 15 is 0 Å². The Hall–Kier alpha value is -3.63. The maximum absolute atomic E-state index is 13.1. The normalized spacial score (nSPS) is 13.8. The Morgan fingerprint density at radius 1 is 0.758 bits per heavy atom. The fourth-order valence-corrected chi connectivity index (χ4v) is 4.37. The third-order valence-corrected chi connectivity index (χ3v) is 6.11. The van der Waals surface area contributed by atoms with Crippen molar-refractivity contribution in [3.63, 3.8) is 0 Å². The first-order valence-electron chi connectivity index (χ1n) is 11.5. The maximum Gasteiger partial charge on any atom is 0.344 e. The standard InChI is InChI=1S/C29H27NO3/c31-29-28(24-11-5-2-6-12-24)26(21-27(33-29)23-9-3-1-4-10-23)22-13-15-25(16-14-22)32-20-19-30-17-7-8-18-30/h1-6,9-16,21H,7-8,17-20H2. The molecule has 1 saturated heterocycles. The summed E-state index contributed by atoms with van der Waals surface area (Å²) in [5, 5.41) is 0. The molecular formula is C29H27NO3. The molecule has 4 heteroatoms. The summed E-state index contributed by atoms with van der Waals surface area (Å²) < 4.78 is 11.7. The smallest absolute Gasteiger partial charge is 0.344 e. The molecule has 0 amide bonds. The Morgan fingerprint density at radius 2 is 1.39 bits per heavy atom. The number of hydrogen-bond donors (Lipinski definition) is 0. The Morgan fingerprint density at radius 3 is 2.06 bits per heavy atom. The van der Waals surface area contributed by atoms with Crippen LogP contribution in [0.2, 0.25) is 0 Å². The molecule has 0 N–H and O–H groups in total. The minimum absolute atomic E-state index is 0.344. The van der Waals surface area contributed by atoms with Crippen molar-refractivity contribution in [2.75, 3.05) is 26.2 Å². The van der Waals surface area contributed by atoms with Crippen molar-refractivity contribution < 1.29 is 9.15 Å². The second-order valence-electron chi connectivity index (χ2n) is 8.34. The SMILES string of the molecule is O=c1oc(-c2ccccc2)cc(-c2ccc(OCCN3CCCC3)cc2)c1-c1ccccc1. The van der Waals surface area contributed by atoms with E-state index in [-0.39, 0.29) is 5.63 Å². The quantitative estimate of drug-likeness (QED) is 0.350. The molecule has 1 aromatic heterocycles. The van der Waals surface area contributed by atoms with E-state index in [4.69, 9.17) is 9.15 Å². The second-order valence-corrected chi connectivity index (χ2v) is 8.34. The summed E-state index contributed by atoms with van der Waals surface area (Å²) in [6, 6.07) is 29.3. The molecular weight excluding hydrogens is 410 g/mol. The summed E-state index contributed by atoms with van der Waals surface area (Å²) >= 11 is 0. The summed E-state index contributed by atoms with van der Waals surface area (Å²) in [5.74, 6) is 1.40.